The second kappa shape index (κ2) is 6.56. The van der Waals surface area contributed by atoms with Gasteiger partial charge in [0, 0.05) is 11.6 Å². The fourth-order valence-electron chi connectivity index (χ4n) is 2.88. The van der Waals surface area contributed by atoms with E-state index in [0.717, 1.165) is 18.5 Å². The maximum absolute atomic E-state index is 11.5. The van der Waals surface area contributed by atoms with E-state index in [-0.39, 0.29) is 12.1 Å². The van der Waals surface area contributed by atoms with Crippen LogP contribution in [-0.4, -0.2) is 12.1 Å². The summed E-state index contributed by atoms with van der Waals surface area (Å²) >= 11 is 0. The van der Waals surface area contributed by atoms with Crippen LogP contribution in [0.2, 0.25) is 0 Å². The van der Waals surface area contributed by atoms with Gasteiger partial charge in [0.15, 0.2) is 0 Å². The Bertz CT molecular complexity index is 532. The molecule has 0 saturated carbocycles. The molecule has 3 nitrogen and oxygen atoms in total. The quantitative estimate of drug-likeness (QED) is 0.490. The Morgan fingerprint density at radius 2 is 2.20 bits per heavy atom. The number of unbranched alkanes of at least 4 members (excludes halogenated alkanes) is 2. The van der Waals surface area contributed by atoms with Gasteiger partial charge < -0.3 is 10.6 Å². The highest BCUT2D eigenvalue weighted by atomic mass is 16.1. The lowest BCUT2D eigenvalue weighted by Gasteiger charge is -2.25. The van der Waals surface area contributed by atoms with Gasteiger partial charge in [-0.3, -0.25) is 0 Å². The number of nitrogens with two attached hydrogens (primary N) is 1. The first kappa shape index (κ1) is 14.6. The summed E-state index contributed by atoms with van der Waals surface area (Å²) in [5.41, 5.74) is 8.93. The molecule has 0 bridgehead atoms. The van der Waals surface area contributed by atoms with Gasteiger partial charge in [0.25, 0.3) is 0 Å². The number of allylic oxidation sites excluding steroid dienone is 1. The normalized spacial score (nSPS) is 18.6. The van der Waals surface area contributed by atoms with Crippen molar-refractivity contribution in [2.45, 2.75) is 44.7 Å². The van der Waals surface area contributed by atoms with E-state index < -0.39 is 0 Å². The molecule has 0 saturated heterocycles. The van der Waals surface area contributed by atoms with E-state index in [1.54, 1.807) is 6.08 Å². The zero-order valence-electron chi connectivity index (χ0n) is 12.0. The molecule has 2 atom stereocenters. The van der Waals surface area contributed by atoms with Crippen LogP contribution in [0.4, 0.5) is 5.69 Å². The minimum Gasteiger partial charge on any atom is -0.315 e. The molecule has 0 fully saturated rings. The van der Waals surface area contributed by atoms with Gasteiger partial charge in [-0.05, 0) is 18.1 Å². The molecule has 3 heteroatoms. The Kier molecular flexibility index (Phi) is 4.78. The second-order valence-electron chi connectivity index (χ2n) is 5.19. The summed E-state index contributed by atoms with van der Waals surface area (Å²) in [6, 6.07) is 8.07. The topological polar surface area (TPSA) is 46.3 Å². The highest BCUT2D eigenvalue weighted by Crippen LogP contribution is 2.45. The number of fused-ring (bicyclic) bond motifs is 1. The summed E-state index contributed by atoms with van der Waals surface area (Å²) in [4.78, 5) is 13.3. The highest BCUT2D eigenvalue weighted by molar-refractivity contribution is 5.77. The number of benzene rings is 1. The molecule has 0 amide bonds. The molecule has 1 aliphatic heterocycles. The van der Waals surface area contributed by atoms with Crippen molar-refractivity contribution in [2.24, 2.45) is 5.73 Å². The first-order valence-corrected chi connectivity index (χ1v) is 7.25. The van der Waals surface area contributed by atoms with Crippen molar-refractivity contribution in [1.29, 1.82) is 0 Å². The molecule has 1 aromatic rings. The van der Waals surface area contributed by atoms with Gasteiger partial charge in [-0.25, -0.2) is 4.79 Å². The Morgan fingerprint density at radius 3 is 2.85 bits per heavy atom. The van der Waals surface area contributed by atoms with Crippen LogP contribution in [0.3, 0.4) is 0 Å². The molecule has 0 aromatic heterocycles. The van der Waals surface area contributed by atoms with E-state index in [1.165, 1.54) is 18.4 Å². The molecule has 2 unspecified atom stereocenters. The summed E-state index contributed by atoms with van der Waals surface area (Å²) in [7, 11) is 0. The third-order valence-electron chi connectivity index (χ3n) is 3.90. The summed E-state index contributed by atoms with van der Waals surface area (Å²) in [6.07, 6.45) is 5.70. The summed E-state index contributed by atoms with van der Waals surface area (Å²) in [5, 5.41) is 0. The van der Waals surface area contributed by atoms with Crippen molar-refractivity contribution in [3.8, 4) is 0 Å². The van der Waals surface area contributed by atoms with Crippen molar-refractivity contribution in [2.75, 3.05) is 4.90 Å². The molecule has 20 heavy (non-hydrogen) atoms. The number of para-hydroxylation sites is 1. The van der Waals surface area contributed by atoms with Crippen LogP contribution in [0.15, 0.2) is 42.6 Å². The Labute approximate surface area is 120 Å². The molecular weight excluding hydrogens is 248 g/mol. The van der Waals surface area contributed by atoms with Crippen molar-refractivity contribution in [3.05, 3.63) is 48.2 Å². The van der Waals surface area contributed by atoms with Gasteiger partial charge in [-0.15, -0.1) is 0 Å². The predicted octanol–water partition coefficient (Wildman–Crippen LogP) is 3.36. The first-order chi connectivity index (χ1) is 9.74. The molecule has 0 radical (unpaired) electrons. The van der Waals surface area contributed by atoms with E-state index in [4.69, 9.17) is 5.73 Å². The Balaban J connectivity index is 2.38. The Hall–Kier alpha value is -1.83. The smallest absolute Gasteiger partial charge is 0.146 e. The number of nitrogens with zero attached hydrogens (tertiary/aromatic N) is 1. The highest BCUT2D eigenvalue weighted by Gasteiger charge is 2.36. The van der Waals surface area contributed by atoms with Gasteiger partial charge in [-0.1, -0.05) is 57.0 Å². The van der Waals surface area contributed by atoms with E-state index >= 15 is 0 Å². The van der Waals surface area contributed by atoms with Gasteiger partial charge in [0.1, 0.15) is 17.8 Å². The average Bonchev–Trinajstić information content (AvgIpc) is 2.80. The van der Waals surface area contributed by atoms with Crippen LogP contribution < -0.4 is 10.6 Å². The first-order valence-electron chi connectivity index (χ1n) is 7.25. The monoisotopic (exact) mass is 270 g/mol. The van der Waals surface area contributed by atoms with Crippen LogP contribution in [0.25, 0.3) is 0 Å². The molecule has 1 aliphatic rings. The standard InChI is InChI=1S/C17H22N2O/c1-3-5-6-9-14-13-10-7-8-11-15(13)19(16(14)12-20)17(18)4-2/h4,7-8,10-11,14,17H,2-3,5-6,9,18H2,1H3. The van der Waals surface area contributed by atoms with Crippen molar-refractivity contribution in [1.82, 2.24) is 0 Å². The molecular formula is C17H22N2O. The van der Waals surface area contributed by atoms with Crippen molar-refractivity contribution in [3.63, 3.8) is 0 Å². The van der Waals surface area contributed by atoms with Crippen LogP contribution in [0.1, 0.15) is 44.1 Å². The predicted molar refractivity (Wildman–Crippen MR) is 83.2 cm³/mol. The second-order valence-corrected chi connectivity index (χ2v) is 5.19. The number of hydrogen-bond acceptors (Lipinski definition) is 3. The maximum Gasteiger partial charge on any atom is 0.146 e. The van der Waals surface area contributed by atoms with Gasteiger partial charge >= 0.3 is 0 Å². The summed E-state index contributed by atoms with van der Waals surface area (Å²) < 4.78 is 0. The number of carbonyl (C=O) groups excluding carboxylic acids is 1. The fraction of sp³-hybridized carbons (Fsp3) is 0.412. The maximum atomic E-state index is 11.5. The van der Waals surface area contributed by atoms with Crippen LogP contribution in [-0.2, 0) is 4.79 Å². The summed E-state index contributed by atoms with van der Waals surface area (Å²) in [5.74, 6) is 2.23. The number of rotatable bonds is 6. The largest absolute Gasteiger partial charge is 0.315 e. The van der Waals surface area contributed by atoms with Gasteiger partial charge in [-0.2, -0.15) is 0 Å². The van der Waals surface area contributed by atoms with E-state index in [9.17, 15) is 4.79 Å². The zero-order chi connectivity index (χ0) is 14.5. The Morgan fingerprint density at radius 1 is 1.45 bits per heavy atom. The van der Waals surface area contributed by atoms with Crippen LogP contribution >= 0.6 is 0 Å². The van der Waals surface area contributed by atoms with E-state index in [0.29, 0.717) is 5.70 Å². The minimum atomic E-state index is -0.385. The van der Waals surface area contributed by atoms with E-state index in [1.807, 2.05) is 23.1 Å². The molecule has 106 valence electrons. The number of anilines is 1. The average molecular weight is 270 g/mol. The lowest BCUT2D eigenvalue weighted by molar-refractivity contribution is 0.557. The third-order valence-corrected chi connectivity index (χ3v) is 3.90. The van der Waals surface area contributed by atoms with Crippen LogP contribution in [0.5, 0.6) is 0 Å². The van der Waals surface area contributed by atoms with Crippen LogP contribution in [0, 0.1) is 0 Å². The van der Waals surface area contributed by atoms with E-state index in [2.05, 4.69) is 25.5 Å². The summed E-state index contributed by atoms with van der Waals surface area (Å²) in [6.45, 7) is 5.92. The lowest BCUT2D eigenvalue weighted by Crippen LogP contribution is -2.38. The molecule has 0 aliphatic carbocycles. The van der Waals surface area contributed by atoms with Crippen molar-refractivity contribution >= 4 is 11.6 Å². The van der Waals surface area contributed by atoms with Gasteiger partial charge in [0.2, 0.25) is 0 Å². The SMILES string of the molecule is C=CC(N)N1C(=C=O)C(CCCCC)c2ccccc21. The molecule has 2 rings (SSSR count). The minimum absolute atomic E-state index is 0.112. The molecule has 1 heterocycles. The third kappa shape index (κ3) is 2.55. The zero-order valence-corrected chi connectivity index (χ0v) is 12.0. The molecule has 2 N–H and O–H groups in total. The van der Waals surface area contributed by atoms with Crippen molar-refractivity contribution < 1.29 is 4.79 Å². The van der Waals surface area contributed by atoms with Gasteiger partial charge in [0.05, 0.1) is 0 Å². The number of hydrogen-bond donors (Lipinski definition) is 1. The molecule has 1 aromatic carbocycles. The fourth-order valence-corrected chi connectivity index (χ4v) is 2.88. The molecule has 0 spiro atoms. The lowest BCUT2D eigenvalue weighted by atomic mass is 9.93.